The van der Waals surface area contributed by atoms with E-state index in [9.17, 15) is 5.26 Å². The summed E-state index contributed by atoms with van der Waals surface area (Å²) in [5, 5.41) is 15.4. The minimum Gasteiger partial charge on any atom is -0.309 e. The Balaban J connectivity index is 1.40. The second-order valence-corrected chi connectivity index (χ2v) is 13.0. The SMILES string of the molecule is CC1(C)c2ccccc2-c2c1ccc1c2sc2c(-c3c(C#N)cccc3-n3c4ccccc4c4ccccc43)cccc21. The lowest BCUT2D eigenvalue weighted by atomic mass is 9.82. The minimum atomic E-state index is -0.0454. The first-order valence-electron chi connectivity index (χ1n) is 14.7. The van der Waals surface area contributed by atoms with Crippen LogP contribution in [0, 0.1) is 11.3 Å². The zero-order chi connectivity index (χ0) is 28.9. The van der Waals surface area contributed by atoms with Gasteiger partial charge in [0.2, 0.25) is 0 Å². The Hall–Kier alpha value is -5.17. The lowest BCUT2D eigenvalue weighted by Gasteiger charge is -2.21. The number of thiophene rings is 1. The third-order valence-corrected chi connectivity index (χ3v) is 10.7. The van der Waals surface area contributed by atoms with E-state index in [2.05, 4.69) is 134 Å². The summed E-state index contributed by atoms with van der Waals surface area (Å²) in [4.78, 5) is 0. The molecular formula is C40H26N2S. The van der Waals surface area contributed by atoms with Crippen LogP contribution in [0.25, 0.3) is 69.9 Å². The first kappa shape index (κ1) is 24.4. The van der Waals surface area contributed by atoms with E-state index < -0.39 is 0 Å². The van der Waals surface area contributed by atoms with Crippen molar-refractivity contribution in [1.29, 1.82) is 5.26 Å². The molecule has 0 atom stereocenters. The fraction of sp³-hybridized carbons (Fsp3) is 0.0750. The molecule has 8 aromatic rings. The quantitative estimate of drug-likeness (QED) is 0.205. The van der Waals surface area contributed by atoms with Gasteiger partial charge in [0, 0.05) is 53.1 Å². The van der Waals surface area contributed by atoms with E-state index in [0.717, 1.165) is 27.8 Å². The van der Waals surface area contributed by atoms with E-state index >= 15 is 0 Å². The molecule has 2 aromatic heterocycles. The van der Waals surface area contributed by atoms with Crippen LogP contribution in [0.15, 0.2) is 121 Å². The maximum absolute atomic E-state index is 10.5. The molecule has 9 rings (SSSR count). The zero-order valence-electron chi connectivity index (χ0n) is 23.8. The molecule has 0 amide bonds. The summed E-state index contributed by atoms with van der Waals surface area (Å²) >= 11 is 1.87. The smallest absolute Gasteiger partial charge is 0.0998 e. The third-order valence-electron chi connectivity index (χ3n) is 9.46. The normalized spacial score (nSPS) is 13.5. The van der Waals surface area contributed by atoms with Crippen LogP contribution in [0.1, 0.15) is 30.5 Å². The van der Waals surface area contributed by atoms with Crippen LogP contribution in [-0.2, 0) is 5.41 Å². The molecule has 1 aliphatic carbocycles. The Labute approximate surface area is 253 Å². The second kappa shape index (κ2) is 8.67. The predicted molar refractivity (Wildman–Crippen MR) is 181 cm³/mol. The van der Waals surface area contributed by atoms with Crippen molar-refractivity contribution in [2.45, 2.75) is 19.3 Å². The summed E-state index contributed by atoms with van der Waals surface area (Å²) in [6.45, 7) is 4.67. The van der Waals surface area contributed by atoms with E-state index in [1.807, 2.05) is 23.5 Å². The first-order chi connectivity index (χ1) is 21.1. The molecule has 0 aliphatic heterocycles. The monoisotopic (exact) mass is 566 g/mol. The Morgan fingerprint density at radius 3 is 1.95 bits per heavy atom. The molecule has 2 nitrogen and oxygen atoms in total. The van der Waals surface area contributed by atoms with Gasteiger partial charge in [-0.1, -0.05) is 111 Å². The van der Waals surface area contributed by atoms with E-state index in [1.165, 1.54) is 53.2 Å². The lowest BCUT2D eigenvalue weighted by molar-refractivity contribution is 0.661. The number of nitriles is 1. The van der Waals surface area contributed by atoms with Crippen LogP contribution < -0.4 is 0 Å². The molecule has 6 aromatic carbocycles. The number of hydrogen-bond donors (Lipinski definition) is 0. The standard InChI is InChI=1S/C40H26N2S/c1-40(2)31-17-6-3-14-29(31)37-32(40)22-21-28-27-15-10-16-30(38(27)43-39(28)37)36-24(23-41)11-9-20-35(36)42-33-18-7-4-12-25(33)26-13-5-8-19-34(26)42/h3-22H,1-2H3. The molecule has 0 saturated heterocycles. The fourth-order valence-corrected chi connectivity index (χ4v) is 8.91. The van der Waals surface area contributed by atoms with Gasteiger partial charge >= 0.3 is 0 Å². The molecule has 1 aliphatic rings. The number of hydrogen-bond acceptors (Lipinski definition) is 2. The van der Waals surface area contributed by atoms with Crippen molar-refractivity contribution in [3.8, 4) is 34.0 Å². The molecular weight excluding hydrogens is 541 g/mol. The Morgan fingerprint density at radius 1 is 0.558 bits per heavy atom. The van der Waals surface area contributed by atoms with E-state index in [1.54, 1.807) is 0 Å². The van der Waals surface area contributed by atoms with Gasteiger partial charge in [0.15, 0.2) is 0 Å². The van der Waals surface area contributed by atoms with Crippen molar-refractivity contribution < 1.29 is 0 Å². The van der Waals surface area contributed by atoms with Crippen molar-refractivity contribution in [2.24, 2.45) is 0 Å². The number of nitrogens with zero attached hydrogens (tertiary/aromatic N) is 2. The Kier molecular flexibility index (Phi) is 4.93. The van der Waals surface area contributed by atoms with Crippen LogP contribution in [0.4, 0.5) is 0 Å². The summed E-state index contributed by atoms with van der Waals surface area (Å²) in [5.74, 6) is 0. The van der Waals surface area contributed by atoms with E-state index in [-0.39, 0.29) is 5.41 Å². The molecule has 0 saturated carbocycles. The molecule has 43 heavy (non-hydrogen) atoms. The van der Waals surface area contributed by atoms with Crippen LogP contribution in [0.5, 0.6) is 0 Å². The topological polar surface area (TPSA) is 28.7 Å². The predicted octanol–water partition coefficient (Wildman–Crippen LogP) is 11.0. The molecule has 2 heterocycles. The highest BCUT2D eigenvalue weighted by Crippen LogP contribution is 2.54. The molecule has 0 fully saturated rings. The minimum absolute atomic E-state index is 0.0454. The molecule has 0 spiro atoms. The van der Waals surface area contributed by atoms with Gasteiger partial charge in [-0.15, -0.1) is 11.3 Å². The maximum Gasteiger partial charge on any atom is 0.0998 e. The van der Waals surface area contributed by atoms with Gasteiger partial charge in [-0.05, 0) is 41.0 Å². The van der Waals surface area contributed by atoms with Crippen LogP contribution >= 0.6 is 11.3 Å². The maximum atomic E-state index is 10.5. The molecule has 0 bridgehead atoms. The summed E-state index contributed by atoms with van der Waals surface area (Å²) in [6.07, 6.45) is 0. The van der Waals surface area contributed by atoms with Crippen molar-refractivity contribution in [3.63, 3.8) is 0 Å². The highest BCUT2D eigenvalue weighted by molar-refractivity contribution is 7.27. The van der Waals surface area contributed by atoms with Crippen LogP contribution in [0.2, 0.25) is 0 Å². The van der Waals surface area contributed by atoms with Crippen LogP contribution in [0.3, 0.4) is 0 Å². The number of fused-ring (bicyclic) bond motifs is 10. The van der Waals surface area contributed by atoms with Gasteiger partial charge in [0.25, 0.3) is 0 Å². The molecule has 0 unspecified atom stereocenters. The lowest BCUT2D eigenvalue weighted by Crippen LogP contribution is -2.14. The van der Waals surface area contributed by atoms with Gasteiger partial charge in [0.05, 0.1) is 28.4 Å². The molecule has 0 radical (unpaired) electrons. The average Bonchev–Trinajstić information content (AvgIpc) is 3.67. The first-order valence-corrected chi connectivity index (χ1v) is 15.5. The Morgan fingerprint density at radius 2 is 1.19 bits per heavy atom. The Bertz CT molecular complexity index is 2450. The highest BCUT2D eigenvalue weighted by Gasteiger charge is 2.36. The van der Waals surface area contributed by atoms with Gasteiger partial charge in [0.1, 0.15) is 0 Å². The van der Waals surface area contributed by atoms with Gasteiger partial charge in [-0.25, -0.2) is 0 Å². The van der Waals surface area contributed by atoms with E-state index in [0.29, 0.717) is 5.56 Å². The zero-order valence-corrected chi connectivity index (χ0v) is 24.7. The number of rotatable bonds is 2. The molecule has 3 heteroatoms. The van der Waals surface area contributed by atoms with Crippen molar-refractivity contribution in [3.05, 3.63) is 138 Å². The number of benzene rings is 6. The largest absolute Gasteiger partial charge is 0.309 e. The summed E-state index contributed by atoms with van der Waals surface area (Å²) in [7, 11) is 0. The van der Waals surface area contributed by atoms with Crippen molar-refractivity contribution in [1.82, 2.24) is 4.57 Å². The highest BCUT2D eigenvalue weighted by atomic mass is 32.1. The van der Waals surface area contributed by atoms with Crippen LogP contribution in [-0.4, -0.2) is 4.57 Å². The number of para-hydroxylation sites is 2. The van der Waals surface area contributed by atoms with Crippen molar-refractivity contribution in [2.75, 3.05) is 0 Å². The average molecular weight is 567 g/mol. The van der Waals surface area contributed by atoms with E-state index in [4.69, 9.17) is 0 Å². The summed E-state index contributed by atoms with van der Waals surface area (Å²) < 4.78 is 4.88. The summed E-state index contributed by atoms with van der Waals surface area (Å²) in [6, 6.07) is 45.9. The summed E-state index contributed by atoms with van der Waals surface area (Å²) in [5.41, 5.74) is 11.5. The molecule has 0 N–H and O–H groups in total. The number of aromatic nitrogens is 1. The van der Waals surface area contributed by atoms with Gasteiger partial charge in [-0.3, -0.25) is 0 Å². The van der Waals surface area contributed by atoms with Crippen molar-refractivity contribution >= 4 is 53.3 Å². The third kappa shape index (κ3) is 3.16. The fourth-order valence-electron chi connectivity index (χ4n) is 7.52. The van der Waals surface area contributed by atoms with Gasteiger partial charge < -0.3 is 4.57 Å². The van der Waals surface area contributed by atoms with Gasteiger partial charge in [-0.2, -0.15) is 5.26 Å². The second-order valence-electron chi connectivity index (χ2n) is 12.0. The molecule has 202 valence electrons.